The largest absolute Gasteiger partial charge is 0.506 e. The fraction of sp³-hybridized carbons (Fsp3) is 0.0588. The molecule has 1 heterocycles. The van der Waals surface area contributed by atoms with Crippen molar-refractivity contribution in [3.8, 4) is 5.75 Å². The predicted octanol–water partition coefficient (Wildman–Crippen LogP) is 3.48. The molecule has 0 fully saturated rings. The molecule has 2 aromatic carbocycles. The molecule has 0 unspecified atom stereocenters. The van der Waals surface area contributed by atoms with Crippen molar-refractivity contribution in [1.82, 2.24) is 4.98 Å². The van der Waals surface area contributed by atoms with Crippen LogP contribution >= 0.6 is 0 Å². The number of benzene rings is 2. The van der Waals surface area contributed by atoms with Gasteiger partial charge in [0.25, 0.3) is 5.56 Å². The lowest BCUT2D eigenvalue weighted by Gasteiger charge is -2.09. The minimum absolute atomic E-state index is 0.229. The Morgan fingerprint density at radius 1 is 1.04 bits per heavy atom. The molecular formula is C17H10F3NO3. The van der Waals surface area contributed by atoms with E-state index in [4.69, 9.17) is 0 Å². The van der Waals surface area contributed by atoms with E-state index in [-0.39, 0.29) is 10.9 Å². The summed E-state index contributed by atoms with van der Waals surface area (Å²) in [4.78, 5) is 27.0. The van der Waals surface area contributed by atoms with Gasteiger partial charge in [0.2, 0.25) is 5.78 Å². The van der Waals surface area contributed by atoms with Crippen LogP contribution in [0.1, 0.15) is 21.5 Å². The summed E-state index contributed by atoms with van der Waals surface area (Å²) in [6, 6.07) is 9.95. The number of pyridine rings is 1. The number of para-hydroxylation sites is 1. The lowest BCUT2D eigenvalue weighted by Crippen LogP contribution is -2.19. The first-order valence-electron chi connectivity index (χ1n) is 6.85. The number of aromatic nitrogens is 1. The minimum Gasteiger partial charge on any atom is -0.506 e. The predicted molar refractivity (Wildman–Crippen MR) is 81.1 cm³/mol. The van der Waals surface area contributed by atoms with Crippen LogP contribution in [0, 0.1) is 0 Å². The molecule has 3 rings (SSSR count). The maximum absolute atomic E-state index is 12.8. The summed E-state index contributed by atoms with van der Waals surface area (Å²) in [5.74, 6) is -1.54. The summed E-state index contributed by atoms with van der Waals surface area (Å²) in [5, 5.41) is 10.5. The van der Waals surface area contributed by atoms with Gasteiger partial charge in [-0.1, -0.05) is 24.3 Å². The van der Waals surface area contributed by atoms with Crippen molar-refractivity contribution < 1.29 is 23.1 Å². The van der Waals surface area contributed by atoms with Crippen LogP contribution in [0.5, 0.6) is 5.75 Å². The zero-order chi connectivity index (χ0) is 17.5. The molecule has 0 amide bonds. The fourth-order valence-corrected chi connectivity index (χ4v) is 2.42. The molecule has 4 nitrogen and oxygen atoms in total. The number of H-pyrrole nitrogens is 1. The molecule has 1 aromatic heterocycles. The number of carbonyl (C=O) groups is 1. The second-order valence-electron chi connectivity index (χ2n) is 5.13. The van der Waals surface area contributed by atoms with Gasteiger partial charge in [-0.05, 0) is 24.3 Å². The quantitative estimate of drug-likeness (QED) is 0.705. The average molecular weight is 333 g/mol. The number of carbonyl (C=O) groups excluding carboxylic acids is 1. The number of rotatable bonds is 2. The third-order valence-corrected chi connectivity index (χ3v) is 3.57. The Bertz CT molecular complexity index is 1010. The van der Waals surface area contributed by atoms with Gasteiger partial charge in [-0.25, -0.2) is 0 Å². The molecule has 0 radical (unpaired) electrons. The summed E-state index contributed by atoms with van der Waals surface area (Å²) < 4.78 is 38.3. The molecule has 0 aliphatic heterocycles. The highest BCUT2D eigenvalue weighted by atomic mass is 19.4. The first-order chi connectivity index (χ1) is 11.3. The van der Waals surface area contributed by atoms with Crippen molar-refractivity contribution >= 4 is 16.7 Å². The van der Waals surface area contributed by atoms with Gasteiger partial charge in [-0.15, -0.1) is 0 Å². The summed E-state index contributed by atoms with van der Waals surface area (Å²) in [6.45, 7) is 0. The Labute approximate surface area is 133 Å². The lowest BCUT2D eigenvalue weighted by molar-refractivity contribution is -0.137. The number of aromatic hydroxyl groups is 1. The second kappa shape index (κ2) is 5.52. The van der Waals surface area contributed by atoms with Gasteiger partial charge in [0, 0.05) is 10.9 Å². The zero-order valence-corrected chi connectivity index (χ0v) is 12.0. The molecule has 7 heteroatoms. The van der Waals surface area contributed by atoms with Gasteiger partial charge < -0.3 is 10.1 Å². The maximum Gasteiger partial charge on any atom is 0.416 e. The van der Waals surface area contributed by atoms with Crippen LogP contribution in [0.4, 0.5) is 13.2 Å². The molecular weight excluding hydrogens is 323 g/mol. The Morgan fingerprint density at radius 2 is 1.75 bits per heavy atom. The minimum atomic E-state index is -4.62. The number of alkyl halides is 3. The highest BCUT2D eigenvalue weighted by Gasteiger charge is 2.31. The summed E-state index contributed by atoms with van der Waals surface area (Å²) in [5.41, 5.74) is -2.48. The number of hydrogen-bond donors (Lipinski definition) is 2. The van der Waals surface area contributed by atoms with E-state index in [1.807, 2.05) is 0 Å². The van der Waals surface area contributed by atoms with Gasteiger partial charge in [0.05, 0.1) is 11.1 Å². The number of hydrogen-bond acceptors (Lipinski definition) is 3. The Hall–Kier alpha value is -3.09. The molecule has 0 saturated carbocycles. The van der Waals surface area contributed by atoms with E-state index in [0.29, 0.717) is 11.6 Å². The number of ketones is 1. The third-order valence-electron chi connectivity index (χ3n) is 3.57. The average Bonchev–Trinajstić information content (AvgIpc) is 2.54. The maximum atomic E-state index is 12.8. The third kappa shape index (κ3) is 2.64. The number of fused-ring (bicyclic) bond motifs is 1. The smallest absolute Gasteiger partial charge is 0.416 e. The van der Waals surface area contributed by atoms with Crippen LogP contribution in [-0.2, 0) is 6.18 Å². The highest BCUT2D eigenvalue weighted by Crippen LogP contribution is 2.31. The molecule has 0 atom stereocenters. The molecule has 24 heavy (non-hydrogen) atoms. The highest BCUT2D eigenvalue weighted by molar-refractivity contribution is 6.12. The number of nitrogens with one attached hydrogen (secondary N) is 1. The van der Waals surface area contributed by atoms with Crippen LogP contribution < -0.4 is 5.56 Å². The van der Waals surface area contributed by atoms with Crippen molar-refractivity contribution in [3.05, 3.63) is 75.6 Å². The molecule has 3 aromatic rings. The van der Waals surface area contributed by atoms with Crippen LogP contribution in [0.25, 0.3) is 10.9 Å². The molecule has 122 valence electrons. The van der Waals surface area contributed by atoms with Gasteiger partial charge in [0.1, 0.15) is 11.3 Å². The van der Waals surface area contributed by atoms with Crippen molar-refractivity contribution in [1.29, 1.82) is 0 Å². The number of aromatic amines is 1. The summed E-state index contributed by atoms with van der Waals surface area (Å²) in [6.07, 6.45) is -4.62. The van der Waals surface area contributed by atoms with E-state index in [1.165, 1.54) is 12.1 Å². The Balaban J connectivity index is 2.18. The Kier molecular flexibility index (Phi) is 3.63. The molecule has 0 bridgehead atoms. The van der Waals surface area contributed by atoms with Crippen LogP contribution in [-0.4, -0.2) is 15.9 Å². The van der Waals surface area contributed by atoms with Gasteiger partial charge >= 0.3 is 6.18 Å². The van der Waals surface area contributed by atoms with Crippen molar-refractivity contribution in [2.45, 2.75) is 6.18 Å². The molecule has 0 aliphatic rings. The Morgan fingerprint density at radius 3 is 2.46 bits per heavy atom. The van der Waals surface area contributed by atoms with E-state index in [9.17, 15) is 27.9 Å². The van der Waals surface area contributed by atoms with E-state index >= 15 is 0 Å². The summed E-state index contributed by atoms with van der Waals surface area (Å²) in [7, 11) is 0. The second-order valence-corrected chi connectivity index (χ2v) is 5.13. The van der Waals surface area contributed by atoms with Crippen molar-refractivity contribution in [3.63, 3.8) is 0 Å². The van der Waals surface area contributed by atoms with Crippen LogP contribution in [0.2, 0.25) is 0 Å². The molecule has 0 spiro atoms. The van der Waals surface area contributed by atoms with E-state index in [1.54, 1.807) is 12.1 Å². The first kappa shape index (κ1) is 15.8. The van der Waals surface area contributed by atoms with Gasteiger partial charge in [-0.2, -0.15) is 13.2 Å². The molecule has 0 aliphatic carbocycles. The summed E-state index contributed by atoms with van der Waals surface area (Å²) >= 11 is 0. The standard InChI is InChI=1S/C17H10F3NO3/c18-17(19,20)10-5-3-4-9(8-10)14(22)13-15(23)11-6-1-2-7-12(11)21-16(13)24/h1-8H,(H2,21,23,24). The molecule has 2 N–H and O–H groups in total. The van der Waals surface area contributed by atoms with Crippen molar-refractivity contribution in [2.75, 3.05) is 0 Å². The van der Waals surface area contributed by atoms with E-state index < -0.39 is 34.4 Å². The van der Waals surface area contributed by atoms with Crippen LogP contribution in [0.15, 0.2) is 53.3 Å². The van der Waals surface area contributed by atoms with Gasteiger partial charge in [0.15, 0.2) is 0 Å². The first-order valence-corrected chi connectivity index (χ1v) is 6.85. The van der Waals surface area contributed by atoms with Gasteiger partial charge in [-0.3, -0.25) is 9.59 Å². The number of halogens is 3. The zero-order valence-electron chi connectivity index (χ0n) is 12.0. The SMILES string of the molecule is O=C(c1cccc(C(F)(F)F)c1)c1c(O)c2ccccc2[nH]c1=O. The topological polar surface area (TPSA) is 70.2 Å². The van der Waals surface area contributed by atoms with E-state index in [0.717, 1.165) is 18.2 Å². The lowest BCUT2D eigenvalue weighted by atomic mass is 10.00. The molecule has 0 saturated heterocycles. The fourth-order valence-electron chi connectivity index (χ4n) is 2.42. The normalized spacial score (nSPS) is 11.6. The van der Waals surface area contributed by atoms with E-state index in [2.05, 4.69) is 4.98 Å². The monoisotopic (exact) mass is 333 g/mol. The van der Waals surface area contributed by atoms with Crippen molar-refractivity contribution in [2.24, 2.45) is 0 Å². The van der Waals surface area contributed by atoms with Crippen LogP contribution in [0.3, 0.4) is 0 Å².